The van der Waals surface area contributed by atoms with Crippen molar-refractivity contribution >= 4 is 17.3 Å². The minimum absolute atomic E-state index is 0.379. The summed E-state index contributed by atoms with van der Waals surface area (Å²) in [5.74, 6) is 1.83. The van der Waals surface area contributed by atoms with E-state index in [1.165, 1.54) is 0 Å². The molecule has 1 heterocycles. The molecule has 1 unspecified atom stereocenters. The van der Waals surface area contributed by atoms with Gasteiger partial charge < -0.3 is 10.1 Å². The summed E-state index contributed by atoms with van der Waals surface area (Å²) in [4.78, 5) is 4.07. The van der Waals surface area contributed by atoms with Gasteiger partial charge in [0.2, 0.25) is 5.88 Å². The molecule has 1 rings (SSSR count). The first-order chi connectivity index (χ1) is 7.67. The van der Waals surface area contributed by atoms with Crippen molar-refractivity contribution in [3.8, 4) is 5.88 Å². The molecular weight excluding hydrogens is 224 g/mol. The van der Waals surface area contributed by atoms with Gasteiger partial charge in [-0.2, -0.15) is 0 Å². The van der Waals surface area contributed by atoms with Gasteiger partial charge in [-0.05, 0) is 18.4 Å². The predicted molar refractivity (Wildman–Crippen MR) is 68.4 cm³/mol. The second-order valence-electron chi connectivity index (χ2n) is 4.06. The Bertz CT molecular complexity index is 318. The molecule has 0 saturated heterocycles. The summed E-state index contributed by atoms with van der Waals surface area (Å²) in [6.07, 6.45) is 2.68. The maximum Gasteiger partial charge on any atom is 0.214 e. The standard InChI is InChI=1S/C12H19ClN2O/c1-9(2)11(4-6-13)15-10-5-7-14-12(8-10)16-3/h5,7-9,11H,4,6H2,1-3H3,(H,14,15). The molecule has 0 fully saturated rings. The van der Waals surface area contributed by atoms with Crippen LogP contribution >= 0.6 is 11.6 Å². The van der Waals surface area contributed by atoms with Gasteiger partial charge in [-0.25, -0.2) is 4.98 Å². The van der Waals surface area contributed by atoms with Crippen molar-refractivity contribution in [2.24, 2.45) is 5.92 Å². The summed E-state index contributed by atoms with van der Waals surface area (Å²) in [6.45, 7) is 4.37. The predicted octanol–water partition coefficient (Wildman–Crippen LogP) is 3.16. The lowest BCUT2D eigenvalue weighted by molar-refractivity contribution is 0.398. The summed E-state index contributed by atoms with van der Waals surface area (Å²) in [5, 5.41) is 3.45. The molecule has 0 aromatic carbocycles. The molecule has 1 N–H and O–H groups in total. The van der Waals surface area contributed by atoms with Crippen LogP contribution in [-0.4, -0.2) is 24.0 Å². The maximum absolute atomic E-state index is 5.79. The van der Waals surface area contributed by atoms with Crippen LogP contribution in [0, 0.1) is 5.92 Å². The third-order valence-electron chi connectivity index (χ3n) is 2.52. The highest BCUT2D eigenvalue weighted by molar-refractivity contribution is 6.17. The maximum atomic E-state index is 5.79. The Kier molecular flexibility index (Phi) is 5.39. The van der Waals surface area contributed by atoms with Crippen LogP contribution in [0.25, 0.3) is 0 Å². The molecule has 4 heteroatoms. The third kappa shape index (κ3) is 3.89. The van der Waals surface area contributed by atoms with Crippen molar-refractivity contribution in [2.75, 3.05) is 18.3 Å². The summed E-state index contributed by atoms with van der Waals surface area (Å²) in [6, 6.07) is 4.21. The molecule has 1 atom stereocenters. The first-order valence-corrected chi connectivity index (χ1v) is 6.03. The van der Waals surface area contributed by atoms with Crippen molar-refractivity contribution in [1.82, 2.24) is 4.98 Å². The molecular formula is C12H19ClN2O. The highest BCUT2D eigenvalue weighted by atomic mass is 35.5. The van der Waals surface area contributed by atoms with E-state index in [1.807, 2.05) is 12.1 Å². The Morgan fingerprint density at radius 2 is 2.25 bits per heavy atom. The fourth-order valence-corrected chi connectivity index (χ4v) is 1.75. The molecule has 0 aliphatic heterocycles. The lowest BCUT2D eigenvalue weighted by Gasteiger charge is -2.22. The fraction of sp³-hybridized carbons (Fsp3) is 0.583. The van der Waals surface area contributed by atoms with Crippen molar-refractivity contribution in [3.63, 3.8) is 0 Å². The number of halogens is 1. The van der Waals surface area contributed by atoms with Gasteiger partial charge in [-0.3, -0.25) is 0 Å². The van der Waals surface area contributed by atoms with E-state index < -0.39 is 0 Å². The van der Waals surface area contributed by atoms with Gasteiger partial charge in [0, 0.05) is 29.9 Å². The number of methoxy groups -OCH3 is 1. The molecule has 3 nitrogen and oxygen atoms in total. The minimum atomic E-state index is 0.379. The fourth-order valence-electron chi connectivity index (χ4n) is 1.51. The molecule has 0 aliphatic rings. The number of hydrogen-bond donors (Lipinski definition) is 1. The van der Waals surface area contributed by atoms with Crippen LogP contribution in [0.15, 0.2) is 18.3 Å². The molecule has 0 saturated carbocycles. The summed E-state index contributed by atoms with van der Waals surface area (Å²) >= 11 is 5.79. The second kappa shape index (κ2) is 6.59. The number of nitrogens with zero attached hydrogens (tertiary/aromatic N) is 1. The van der Waals surface area contributed by atoms with Crippen molar-refractivity contribution in [1.29, 1.82) is 0 Å². The van der Waals surface area contributed by atoms with Crippen molar-refractivity contribution in [2.45, 2.75) is 26.3 Å². The van der Waals surface area contributed by atoms with Gasteiger partial charge in [0.25, 0.3) is 0 Å². The van der Waals surface area contributed by atoms with Crippen LogP contribution in [0.5, 0.6) is 5.88 Å². The molecule has 1 aromatic heterocycles. The monoisotopic (exact) mass is 242 g/mol. The van der Waals surface area contributed by atoms with E-state index in [2.05, 4.69) is 24.1 Å². The lowest BCUT2D eigenvalue weighted by atomic mass is 10.0. The number of alkyl halides is 1. The highest BCUT2D eigenvalue weighted by Crippen LogP contribution is 2.18. The van der Waals surface area contributed by atoms with Crippen LogP contribution in [0.1, 0.15) is 20.3 Å². The minimum Gasteiger partial charge on any atom is -0.481 e. The molecule has 0 spiro atoms. The number of pyridine rings is 1. The van der Waals surface area contributed by atoms with E-state index in [-0.39, 0.29) is 0 Å². The zero-order valence-electron chi connectivity index (χ0n) is 10.0. The van der Waals surface area contributed by atoms with E-state index in [4.69, 9.17) is 16.3 Å². The second-order valence-corrected chi connectivity index (χ2v) is 4.44. The quantitative estimate of drug-likeness (QED) is 0.779. The Morgan fingerprint density at radius 3 is 2.81 bits per heavy atom. The van der Waals surface area contributed by atoms with Crippen molar-refractivity contribution in [3.05, 3.63) is 18.3 Å². The van der Waals surface area contributed by atoms with E-state index in [0.717, 1.165) is 12.1 Å². The summed E-state index contributed by atoms with van der Waals surface area (Å²) < 4.78 is 5.08. The normalized spacial score (nSPS) is 12.6. The van der Waals surface area contributed by atoms with E-state index >= 15 is 0 Å². The SMILES string of the molecule is COc1cc(NC(CCCl)C(C)C)ccn1. The average molecular weight is 243 g/mol. The number of aromatic nitrogens is 1. The first-order valence-electron chi connectivity index (χ1n) is 5.50. The Balaban J connectivity index is 2.68. The number of anilines is 1. The lowest BCUT2D eigenvalue weighted by Crippen LogP contribution is -2.26. The van der Waals surface area contributed by atoms with Gasteiger partial charge in [0.05, 0.1) is 7.11 Å². The number of nitrogens with one attached hydrogen (secondary N) is 1. The van der Waals surface area contributed by atoms with Crippen LogP contribution in [-0.2, 0) is 0 Å². The van der Waals surface area contributed by atoms with Crippen LogP contribution in [0.3, 0.4) is 0 Å². The van der Waals surface area contributed by atoms with Gasteiger partial charge >= 0.3 is 0 Å². The average Bonchev–Trinajstić information content (AvgIpc) is 2.28. The van der Waals surface area contributed by atoms with Gasteiger partial charge in [-0.15, -0.1) is 11.6 Å². The van der Waals surface area contributed by atoms with E-state index in [9.17, 15) is 0 Å². The highest BCUT2D eigenvalue weighted by Gasteiger charge is 2.12. The number of rotatable bonds is 6. The van der Waals surface area contributed by atoms with Crippen molar-refractivity contribution < 1.29 is 4.74 Å². The number of ether oxygens (including phenoxy) is 1. The first kappa shape index (κ1) is 13.1. The molecule has 1 aromatic rings. The van der Waals surface area contributed by atoms with Gasteiger partial charge in [0.15, 0.2) is 0 Å². The van der Waals surface area contributed by atoms with Gasteiger partial charge in [0.1, 0.15) is 0 Å². The van der Waals surface area contributed by atoms with E-state index in [1.54, 1.807) is 13.3 Å². The van der Waals surface area contributed by atoms with Crippen LogP contribution < -0.4 is 10.1 Å². The zero-order chi connectivity index (χ0) is 12.0. The summed E-state index contributed by atoms with van der Waals surface area (Å²) in [7, 11) is 1.62. The molecule has 0 amide bonds. The smallest absolute Gasteiger partial charge is 0.214 e. The molecule has 90 valence electrons. The summed E-state index contributed by atoms with van der Waals surface area (Å²) in [5.41, 5.74) is 1.02. The topological polar surface area (TPSA) is 34.1 Å². The third-order valence-corrected chi connectivity index (χ3v) is 2.74. The largest absolute Gasteiger partial charge is 0.481 e. The number of hydrogen-bond acceptors (Lipinski definition) is 3. The van der Waals surface area contributed by atoms with E-state index in [0.29, 0.717) is 23.7 Å². The molecule has 0 radical (unpaired) electrons. The van der Waals surface area contributed by atoms with Crippen LogP contribution in [0.4, 0.5) is 5.69 Å². The Hall–Kier alpha value is -0.960. The Labute approximate surface area is 102 Å². The molecule has 16 heavy (non-hydrogen) atoms. The van der Waals surface area contributed by atoms with Crippen LogP contribution in [0.2, 0.25) is 0 Å². The Morgan fingerprint density at radius 1 is 1.50 bits per heavy atom. The van der Waals surface area contributed by atoms with Gasteiger partial charge in [-0.1, -0.05) is 13.8 Å². The zero-order valence-corrected chi connectivity index (χ0v) is 10.8. The molecule has 0 bridgehead atoms. The molecule has 0 aliphatic carbocycles.